The Balaban J connectivity index is 2.12. The van der Waals surface area contributed by atoms with Gasteiger partial charge in [-0.3, -0.25) is 0 Å². The Labute approximate surface area is 127 Å². The fourth-order valence-electron chi connectivity index (χ4n) is 2.25. The molecule has 0 unspecified atom stereocenters. The summed E-state index contributed by atoms with van der Waals surface area (Å²) in [4.78, 5) is 0. The molecular formula is C19H24O2. The molecule has 0 spiro atoms. The standard InChI is InChI=1S/C19H24O2/c1-15-17(12-21-14-19(2,3)13-20)10-7-11-18(15)16-8-5-4-6-9-16/h4-11,20H,12-14H2,1-3H3. The minimum atomic E-state index is -0.190. The van der Waals surface area contributed by atoms with Gasteiger partial charge in [0.05, 0.1) is 19.8 Å². The van der Waals surface area contributed by atoms with Crippen LogP contribution >= 0.6 is 0 Å². The third-order valence-electron chi connectivity index (χ3n) is 3.71. The maximum absolute atomic E-state index is 9.26. The molecule has 2 heteroatoms. The van der Waals surface area contributed by atoms with Crippen molar-refractivity contribution in [1.82, 2.24) is 0 Å². The van der Waals surface area contributed by atoms with Gasteiger partial charge in [-0.15, -0.1) is 0 Å². The third kappa shape index (κ3) is 4.16. The van der Waals surface area contributed by atoms with Gasteiger partial charge in [0.25, 0.3) is 0 Å². The van der Waals surface area contributed by atoms with Crippen molar-refractivity contribution >= 4 is 0 Å². The molecule has 1 N–H and O–H groups in total. The average molecular weight is 284 g/mol. The maximum atomic E-state index is 9.26. The highest BCUT2D eigenvalue weighted by Gasteiger charge is 2.16. The lowest BCUT2D eigenvalue weighted by atomic mass is 9.96. The van der Waals surface area contributed by atoms with Crippen molar-refractivity contribution in [3.63, 3.8) is 0 Å². The molecule has 0 heterocycles. The van der Waals surface area contributed by atoms with Gasteiger partial charge in [0.2, 0.25) is 0 Å². The van der Waals surface area contributed by atoms with Gasteiger partial charge in [-0.2, -0.15) is 0 Å². The summed E-state index contributed by atoms with van der Waals surface area (Å²) in [5.41, 5.74) is 4.74. The molecule has 0 saturated heterocycles. The summed E-state index contributed by atoms with van der Waals surface area (Å²) in [5.74, 6) is 0. The summed E-state index contributed by atoms with van der Waals surface area (Å²) in [5, 5.41) is 9.26. The molecule has 0 aliphatic heterocycles. The van der Waals surface area contributed by atoms with Gasteiger partial charge in [-0.1, -0.05) is 62.4 Å². The van der Waals surface area contributed by atoms with E-state index < -0.39 is 0 Å². The number of hydrogen-bond donors (Lipinski definition) is 1. The van der Waals surface area contributed by atoms with E-state index in [0.717, 1.165) is 0 Å². The second kappa shape index (κ2) is 6.88. The normalized spacial score (nSPS) is 11.6. The van der Waals surface area contributed by atoms with Crippen LogP contribution in [0.15, 0.2) is 48.5 Å². The second-order valence-corrected chi connectivity index (χ2v) is 6.27. The highest BCUT2D eigenvalue weighted by molar-refractivity contribution is 5.68. The zero-order chi connectivity index (χ0) is 15.3. The van der Waals surface area contributed by atoms with Crippen molar-refractivity contribution in [1.29, 1.82) is 0 Å². The zero-order valence-corrected chi connectivity index (χ0v) is 13.1. The van der Waals surface area contributed by atoms with Crippen LogP contribution in [0.2, 0.25) is 0 Å². The molecule has 0 amide bonds. The van der Waals surface area contributed by atoms with Gasteiger partial charge in [0.1, 0.15) is 0 Å². The van der Waals surface area contributed by atoms with Crippen molar-refractivity contribution in [3.05, 3.63) is 59.7 Å². The number of hydrogen-bond acceptors (Lipinski definition) is 2. The Bertz CT molecular complexity index is 573. The van der Waals surface area contributed by atoms with E-state index >= 15 is 0 Å². The van der Waals surface area contributed by atoms with Crippen molar-refractivity contribution in [2.45, 2.75) is 27.4 Å². The van der Waals surface area contributed by atoms with Gasteiger partial charge in [-0.05, 0) is 29.2 Å². The highest BCUT2D eigenvalue weighted by Crippen LogP contribution is 2.26. The minimum absolute atomic E-state index is 0.135. The van der Waals surface area contributed by atoms with Crippen LogP contribution in [0.1, 0.15) is 25.0 Å². The Morgan fingerprint density at radius 2 is 1.71 bits per heavy atom. The van der Waals surface area contributed by atoms with Crippen LogP contribution in [0.25, 0.3) is 11.1 Å². The van der Waals surface area contributed by atoms with Crippen molar-refractivity contribution in [2.75, 3.05) is 13.2 Å². The molecule has 0 aliphatic carbocycles. The van der Waals surface area contributed by atoms with E-state index in [1.54, 1.807) is 0 Å². The van der Waals surface area contributed by atoms with Crippen LogP contribution in [-0.4, -0.2) is 18.3 Å². The molecule has 0 aliphatic rings. The minimum Gasteiger partial charge on any atom is -0.396 e. The van der Waals surface area contributed by atoms with Crippen LogP contribution in [0.5, 0.6) is 0 Å². The van der Waals surface area contributed by atoms with E-state index in [1.807, 2.05) is 19.9 Å². The first-order valence-electron chi connectivity index (χ1n) is 7.36. The van der Waals surface area contributed by atoms with Crippen LogP contribution in [-0.2, 0) is 11.3 Å². The second-order valence-electron chi connectivity index (χ2n) is 6.27. The summed E-state index contributed by atoms with van der Waals surface area (Å²) in [6.45, 7) is 7.41. The molecule has 2 nitrogen and oxygen atoms in total. The van der Waals surface area contributed by atoms with Gasteiger partial charge in [-0.25, -0.2) is 0 Å². The molecule has 21 heavy (non-hydrogen) atoms. The van der Waals surface area contributed by atoms with E-state index in [9.17, 15) is 5.11 Å². The zero-order valence-electron chi connectivity index (χ0n) is 13.1. The first-order valence-corrected chi connectivity index (χ1v) is 7.36. The predicted molar refractivity (Wildman–Crippen MR) is 87.1 cm³/mol. The summed E-state index contributed by atoms with van der Waals surface area (Å²) in [6, 6.07) is 16.7. The monoisotopic (exact) mass is 284 g/mol. The average Bonchev–Trinajstić information content (AvgIpc) is 2.50. The fourth-order valence-corrected chi connectivity index (χ4v) is 2.25. The maximum Gasteiger partial charge on any atom is 0.0719 e. The lowest BCUT2D eigenvalue weighted by molar-refractivity contribution is 0.0196. The SMILES string of the molecule is Cc1c(COCC(C)(C)CO)cccc1-c1ccccc1. The summed E-state index contributed by atoms with van der Waals surface area (Å²) < 4.78 is 5.79. The summed E-state index contributed by atoms with van der Waals surface area (Å²) in [7, 11) is 0. The van der Waals surface area contributed by atoms with Crippen LogP contribution in [0, 0.1) is 12.3 Å². The molecule has 2 rings (SSSR count). The quantitative estimate of drug-likeness (QED) is 0.861. The van der Waals surface area contributed by atoms with E-state index in [4.69, 9.17) is 4.74 Å². The predicted octanol–water partition coefficient (Wildman–Crippen LogP) is 4.20. The van der Waals surface area contributed by atoms with E-state index in [2.05, 4.69) is 49.4 Å². The number of aliphatic hydroxyl groups excluding tert-OH is 1. The lowest BCUT2D eigenvalue weighted by Crippen LogP contribution is -2.23. The molecule has 112 valence electrons. The Morgan fingerprint density at radius 3 is 2.38 bits per heavy atom. The summed E-state index contributed by atoms with van der Waals surface area (Å²) in [6.07, 6.45) is 0. The van der Waals surface area contributed by atoms with Gasteiger partial charge in [0.15, 0.2) is 0 Å². The molecule has 2 aromatic rings. The van der Waals surface area contributed by atoms with E-state index in [0.29, 0.717) is 13.2 Å². The van der Waals surface area contributed by atoms with Gasteiger partial charge >= 0.3 is 0 Å². The van der Waals surface area contributed by atoms with Crippen LogP contribution in [0.4, 0.5) is 0 Å². The van der Waals surface area contributed by atoms with Crippen LogP contribution < -0.4 is 0 Å². The fraction of sp³-hybridized carbons (Fsp3) is 0.368. The highest BCUT2D eigenvalue weighted by atomic mass is 16.5. The number of rotatable bonds is 6. The van der Waals surface area contributed by atoms with Crippen molar-refractivity contribution < 1.29 is 9.84 Å². The smallest absolute Gasteiger partial charge is 0.0719 e. The molecule has 0 aromatic heterocycles. The van der Waals surface area contributed by atoms with Gasteiger partial charge < -0.3 is 9.84 Å². The molecule has 0 saturated carbocycles. The molecular weight excluding hydrogens is 260 g/mol. The molecule has 0 bridgehead atoms. The molecule has 2 aromatic carbocycles. The topological polar surface area (TPSA) is 29.5 Å². The Kier molecular flexibility index (Phi) is 5.16. The summed E-state index contributed by atoms with van der Waals surface area (Å²) >= 11 is 0. The number of aliphatic hydroxyl groups is 1. The van der Waals surface area contributed by atoms with Gasteiger partial charge in [0, 0.05) is 5.41 Å². The largest absolute Gasteiger partial charge is 0.396 e. The Morgan fingerprint density at radius 1 is 1.00 bits per heavy atom. The molecule has 0 fully saturated rings. The first-order chi connectivity index (χ1) is 10.0. The number of ether oxygens (including phenoxy) is 1. The third-order valence-corrected chi connectivity index (χ3v) is 3.71. The Hall–Kier alpha value is -1.64. The molecule has 0 atom stereocenters. The van der Waals surface area contributed by atoms with Crippen LogP contribution in [0.3, 0.4) is 0 Å². The lowest BCUT2D eigenvalue weighted by Gasteiger charge is -2.21. The van der Waals surface area contributed by atoms with E-state index in [1.165, 1.54) is 22.3 Å². The number of benzene rings is 2. The van der Waals surface area contributed by atoms with E-state index in [-0.39, 0.29) is 12.0 Å². The first kappa shape index (κ1) is 15.7. The van der Waals surface area contributed by atoms with Crippen molar-refractivity contribution in [3.8, 4) is 11.1 Å². The van der Waals surface area contributed by atoms with Crippen molar-refractivity contribution in [2.24, 2.45) is 5.41 Å². The molecule has 0 radical (unpaired) electrons.